The van der Waals surface area contributed by atoms with Gasteiger partial charge in [-0.05, 0) is 25.3 Å². The van der Waals surface area contributed by atoms with E-state index in [1.54, 1.807) is 41.2 Å². The van der Waals surface area contributed by atoms with Crippen molar-refractivity contribution in [2.24, 2.45) is 0 Å². The third kappa shape index (κ3) is 5.61. The molecule has 28 heavy (non-hydrogen) atoms. The van der Waals surface area contributed by atoms with Crippen molar-refractivity contribution < 1.29 is 14.2 Å². The molecule has 0 spiro atoms. The maximum absolute atomic E-state index is 12.4. The Kier molecular flexibility index (Phi) is 6.68. The molecular weight excluding hydrogens is 348 g/mol. The third-order valence-electron chi connectivity index (χ3n) is 4.63. The van der Waals surface area contributed by atoms with E-state index in [9.17, 15) is 9.59 Å². The quantitative estimate of drug-likeness (QED) is 0.486. The van der Waals surface area contributed by atoms with E-state index in [1.165, 1.54) is 5.56 Å². The molecule has 0 saturated heterocycles. The number of pyridine rings is 1. The first-order valence-corrected chi connectivity index (χ1v) is 9.54. The van der Waals surface area contributed by atoms with Crippen LogP contribution in [0.25, 0.3) is 0 Å². The highest BCUT2D eigenvalue weighted by Crippen LogP contribution is 2.08. The van der Waals surface area contributed by atoms with Gasteiger partial charge in [-0.1, -0.05) is 60.7 Å². The van der Waals surface area contributed by atoms with Gasteiger partial charge < -0.3 is 5.32 Å². The zero-order valence-electron chi connectivity index (χ0n) is 16.0. The van der Waals surface area contributed by atoms with Gasteiger partial charge in [0.1, 0.15) is 0 Å². The number of hydrogen-bond donors (Lipinski definition) is 1. The largest absolute Gasteiger partial charge is 0.348 e. The molecule has 0 aliphatic carbocycles. The van der Waals surface area contributed by atoms with Gasteiger partial charge in [0, 0.05) is 29.3 Å². The number of aromatic nitrogens is 1. The summed E-state index contributed by atoms with van der Waals surface area (Å²) >= 11 is 0. The normalized spacial score (nSPS) is 11.6. The van der Waals surface area contributed by atoms with Crippen LogP contribution in [0.5, 0.6) is 0 Å². The second-order valence-corrected chi connectivity index (χ2v) is 6.95. The summed E-state index contributed by atoms with van der Waals surface area (Å²) in [5, 5.41) is 3.04. The van der Waals surface area contributed by atoms with Crippen LogP contribution in [-0.2, 0) is 17.8 Å². The molecule has 1 N–H and O–H groups in total. The average molecular weight is 373 g/mol. The Morgan fingerprint density at radius 3 is 2.07 bits per heavy atom. The van der Waals surface area contributed by atoms with Crippen LogP contribution in [0.2, 0.25) is 0 Å². The van der Waals surface area contributed by atoms with Crippen molar-refractivity contribution in [1.29, 1.82) is 0 Å². The lowest BCUT2D eigenvalue weighted by Gasteiger charge is -2.12. The SMILES string of the molecule is C[C@@H](CCc1ccccc1)NC(=O)C[n+]1ccc(C(=O)c2ccccc2)cc1. The first kappa shape index (κ1) is 19.5. The van der Waals surface area contributed by atoms with Gasteiger partial charge in [0.2, 0.25) is 6.54 Å². The Bertz CT molecular complexity index is 906. The minimum absolute atomic E-state index is 0.0215. The maximum atomic E-state index is 12.4. The average Bonchev–Trinajstić information content (AvgIpc) is 2.73. The van der Waals surface area contributed by atoms with Crippen molar-refractivity contribution in [3.05, 3.63) is 102 Å². The molecule has 3 aromatic rings. The molecule has 4 heteroatoms. The van der Waals surface area contributed by atoms with Crippen LogP contribution < -0.4 is 9.88 Å². The summed E-state index contributed by atoms with van der Waals surface area (Å²) in [6.45, 7) is 2.25. The highest BCUT2D eigenvalue weighted by Gasteiger charge is 2.14. The number of carbonyl (C=O) groups excluding carboxylic acids is 2. The number of aryl methyl sites for hydroxylation is 1. The number of hydrogen-bond acceptors (Lipinski definition) is 2. The second kappa shape index (κ2) is 9.60. The van der Waals surface area contributed by atoms with Gasteiger partial charge in [-0.3, -0.25) is 9.59 Å². The lowest BCUT2D eigenvalue weighted by molar-refractivity contribution is -0.684. The first-order valence-electron chi connectivity index (χ1n) is 9.54. The molecule has 142 valence electrons. The molecule has 0 saturated carbocycles. The number of rotatable bonds is 8. The fourth-order valence-electron chi connectivity index (χ4n) is 3.06. The van der Waals surface area contributed by atoms with Gasteiger partial charge in [0.15, 0.2) is 18.2 Å². The number of benzene rings is 2. The Hall–Kier alpha value is -3.27. The monoisotopic (exact) mass is 373 g/mol. The van der Waals surface area contributed by atoms with Crippen molar-refractivity contribution in [3.8, 4) is 0 Å². The molecule has 4 nitrogen and oxygen atoms in total. The van der Waals surface area contributed by atoms with E-state index >= 15 is 0 Å². The molecule has 0 unspecified atom stereocenters. The van der Waals surface area contributed by atoms with Gasteiger partial charge in [0.05, 0.1) is 0 Å². The lowest BCUT2D eigenvalue weighted by atomic mass is 10.0. The summed E-state index contributed by atoms with van der Waals surface area (Å²) in [5.41, 5.74) is 2.54. The fraction of sp³-hybridized carbons (Fsp3) is 0.208. The fourth-order valence-corrected chi connectivity index (χ4v) is 3.06. The topological polar surface area (TPSA) is 50.1 Å². The lowest BCUT2D eigenvalue weighted by Crippen LogP contribution is -2.45. The molecule has 2 aromatic carbocycles. The number of amides is 1. The first-order chi connectivity index (χ1) is 13.6. The predicted molar refractivity (Wildman–Crippen MR) is 109 cm³/mol. The summed E-state index contributed by atoms with van der Waals surface area (Å²) in [7, 11) is 0. The molecular formula is C24H25N2O2+. The van der Waals surface area contributed by atoms with Crippen LogP contribution in [-0.4, -0.2) is 17.7 Å². The van der Waals surface area contributed by atoms with Gasteiger partial charge >= 0.3 is 0 Å². The molecule has 1 heterocycles. The molecule has 1 amide bonds. The summed E-state index contributed by atoms with van der Waals surface area (Å²) in [5.74, 6) is -0.0561. The van der Waals surface area contributed by atoms with Gasteiger partial charge in [-0.2, -0.15) is 4.57 Å². The van der Waals surface area contributed by atoms with E-state index in [4.69, 9.17) is 0 Å². The van der Waals surface area contributed by atoms with Crippen LogP contribution in [0, 0.1) is 0 Å². The van der Waals surface area contributed by atoms with Crippen molar-refractivity contribution in [3.63, 3.8) is 0 Å². The number of nitrogens with zero attached hydrogens (tertiary/aromatic N) is 1. The Morgan fingerprint density at radius 1 is 0.857 bits per heavy atom. The van der Waals surface area contributed by atoms with Crippen LogP contribution in [0.1, 0.15) is 34.8 Å². The van der Waals surface area contributed by atoms with E-state index in [-0.39, 0.29) is 24.3 Å². The van der Waals surface area contributed by atoms with Gasteiger partial charge in [-0.15, -0.1) is 0 Å². The van der Waals surface area contributed by atoms with Gasteiger partial charge in [0.25, 0.3) is 5.91 Å². The Labute approximate surface area is 165 Å². The highest BCUT2D eigenvalue weighted by molar-refractivity contribution is 6.08. The van der Waals surface area contributed by atoms with Crippen molar-refractivity contribution in [2.45, 2.75) is 32.4 Å². The van der Waals surface area contributed by atoms with Crippen molar-refractivity contribution in [2.75, 3.05) is 0 Å². The predicted octanol–water partition coefficient (Wildman–Crippen LogP) is 3.34. The molecule has 0 fully saturated rings. The Balaban J connectivity index is 1.49. The van der Waals surface area contributed by atoms with E-state index in [1.807, 2.05) is 43.3 Å². The van der Waals surface area contributed by atoms with Crippen LogP contribution in [0.4, 0.5) is 0 Å². The smallest absolute Gasteiger partial charge is 0.286 e. The molecule has 0 aliphatic rings. The zero-order chi connectivity index (χ0) is 19.8. The molecule has 1 aromatic heterocycles. The summed E-state index contributed by atoms with van der Waals surface area (Å²) in [4.78, 5) is 24.7. The maximum Gasteiger partial charge on any atom is 0.286 e. The zero-order valence-corrected chi connectivity index (χ0v) is 16.0. The number of carbonyl (C=O) groups is 2. The standard InChI is InChI=1S/C24H24N2O2/c1-19(12-13-20-8-4-2-5-9-20)25-23(27)18-26-16-14-22(15-17-26)24(28)21-10-6-3-7-11-21/h2-11,14-17,19H,12-13,18H2,1H3/p+1/t19-/m0/s1. The van der Waals surface area contributed by atoms with Crippen LogP contribution >= 0.6 is 0 Å². The van der Waals surface area contributed by atoms with Gasteiger partial charge in [-0.25, -0.2) is 0 Å². The van der Waals surface area contributed by atoms with Crippen molar-refractivity contribution >= 4 is 11.7 Å². The summed E-state index contributed by atoms with van der Waals surface area (Å²) in [6, 6.07) is 23.0. The minimum atomic E-state index is -0.0345. The summed E-state index contributed by atoms with van der Waals surface area (Å²) in [6.07, 6.45) is 5.37. The van der Waals surface area contributed by atoms with E-state index in [2.05, 4.69) is 17.4 Å². The molecule has 0 radical (unpaired) electrons. The molecule has 1 atom stereocenters. The molecule has 3 rings (SSSR count). The number of nitrogens with one attached hydrogen (secondary N) is 1. The molecule has 0 aliphatic heterocycles. The second-order valence-electron chi connectivity index (χ2n) is 6.95. The Morgan fingerprint density at radius 2 is 1.43 bits per heavy atom. The van der Waals surface area contributed by atoms with E-state index in [0.717, 1.165) is 12.8 Å². The van der Waals surface area contributed by atoms with Crippen LogP contribution in [0.15, 0.2) is 85.2 Å². The van der Waals surface area contributed by atoms with E-state index < -0.39 is 0 Å². The molecule has 0 bridgehead atoms. The third-order valence-corrected chi connectivity index (χ3v) is 4.63. The van der Waals surface area contributed by atoms with Crippen molar-refractivity contribution in [1.82, 2.24) is 5.32 Å². The minimum Gasteiger partial charge on any atom is -0.348 e. The summed E-state index contributed by atoms with van der Waals surface area (Å²) < 4.78 is 1.78. The van der Waals surface area contributed by atoms with Crippen LogP contribution in [0.3, 0.4) is 0 Å². The van der Waals surface area contributed by atoms with E-state index in [0.29, 0.717) is 11.1 Å². The number of ketones is 1. The highest BCUT2D eigenvalue weighted by atomic mass is 16.2.